The highest BCUT2D eigenvalue weighted by Gasteiger charge is 2.16. The van der Waals surface area contributed by atoms with E-state index in [1.54, 1.807) is 0 Å². The first-order valence-corrected chi connectivity index (χ1v) is 3.63. The van der Waals surface area contributed by atoms with Crippen LogP contribution in [0.25, 0.3) is 0 Å². The fourth-order valence-corrected chi connectivity index (χ4v) is 0.707. The summed E-state index contributed by atoms with van der Waals surface area (Å²) in [5, 5.41) is 9.08. The molecule has 0 saturated heterocycles. The number of hydrogen-bond donors (Lipinski definition) is 2. The number of carbonyl (C=O) groups excluding carboxylic acids is 1. The predicted molar refractivity (Wildman–Crippen MR) is 40.9 cm³/mol. The van der Waals surface area contributed by atoms with E-state index < -0.39 is 18.1 Å². The Hall–Kier alpha value is -0.610. The van der Waals surface area contributed by atoms with Crippen LogP contribution in [0, 0.1) is 0 Å². The summed E-state index contributed by atoms with van der Waals surface area (Å²) in [5.41, 5.74) is 5.37. The molecule has 0 aliphatic rings. The van der Waals surface area contributed by atoms with Crippen molar-refractivity contribution in [3.05, 3.63) is 0 Å². The number of rotatable bonds is 4. The van der Waals surface area contributed by atoms with Crippen molar-refractivity contribution in [2.45, 2.75) is 31.9 Å². The van der Waals surface area contributed by atoms with Gasteiger partial charge in [-0.1, -0.05) is 6.92 Å². The van der Waals surface area contributed by atoms with Gasteiger partial charge >= 0.3 is 5.97 Å². The fourth-order valence-electron chi connectivity index (χ4n) is 0.707. The number of esters is 1. The van der Waals surface area contributed by atoms with Crippen molar-refractivity contribution in [1.82, 2.24) is 0 Å². The number of aliphatic hydroxyl groups is 1. The first-order chi connectivity index (χ1) is 5.11. The summed E-state index contributed by atoms with van der Waals surface area (Å²) in [5.74, 6) is -0.475. The smallest absolute Gasteiger partial charge is 0.322 e. The van der Waals surface area contributed by atoms with E-state index in [0.29, 0.717) is 6.42 Å². The minimum atomic E-state index is -0.699. The Labute approximate surface area is 66.3 Å². The maximum atomic E-state index is 10.7. The molecule has 0 rings (SSSR count). The Kier molecular flexibility index (Phi) is 4.81. The zero-order valence-corrected chi connectivity index (χ0v) is 6.91. The van der Waals surface area contributed by atoms with E-state index >= 15 is 0 Å². The molecular formula is C7H15NO3. The van der Waals surface area contributed by atoms with Gasteiger partial charge in [0.25, 0.3) is 0 Å². The van der Waals surface area contributed by atoms with Crippen LogP contribution >= 0.6 is 0 Å². The average molecular weight is 161 g/mol. The van der Waals surface area contributed by atoms with E-state index in [-0.39, 0.29) is 6.42 Å². The zero-order chi connectivity index (χ0) is 8.85. The molecule has 4 nitrogen and oxygen atoms in total. The van der Waals surface area contributed by atoms with Gasteiger partial charge in [-0.05, 0) is 12.8 Å². The highest BCUT2D eigenvalue weighted by atomic mass is 16.5. The first-order valence-electron chi connectivity index (χ1n) is 3.63. The SMILES string of the molecule is CC[C@@H](O)CC(N)C(=O)OC. The van der Waals surface area contributed by atoms with Gasteiger partial charge in [0.15, 0.2) is 0 Å². The second kappa shape index (κ2) is 5.09. The summed E-state index contributed by atoms with van der Waals surface area (Å²) in [6.07, 6.45) is 0.359. The number of nitrogens with two attached hydrogens (primary N) is 1. The van der Waals surface area contributed by atoms with Gasteiger partial charge in [-0.25, -0.2) is 0 Å². The minimum absolute atomic E-state index is 0.267. The number of carbonyl (C=O) groups is 1. The Morgan fingerprint density at radius 2 is 2.27 bits per heavy atom. The third kappa shape index (κ3) is 3.95. The normalized spacial score (nSPS) is 15.6. The first kappa shape index (κ1) is 10.4. The number of methoxy groups -OCH3 is 1. The summed E-state index contributed by atoms with van der Waals surface area (Å²) in [7, 11) is 1.28. The second-order valence-electron chi connectivity index (χ2n) is 2.43. The van der Waals surface area contributed by atoms with E-state index in [1.165, 1.54) is 7.11 Å². The number of hydrogen-bond acceptors (Lipinski definition) is 4. The van der Waals surface area contributed by atoms with Crippen molar-refractivity contribution >= 4 is 5.97 Å². The maximum absolute atomic E-state index is 10.7. The maximum Gasteiger partial charge on any atom is 0.322 e. The Bertz CT molecular complexity index is 127. The Morgan fingerprint density at radius 3 is 2.64 bits per heavy atom. The largest absolute Gasteiger partial charge is 0.468 e. The van der Waals surface area contributed by atoms with Crippen molar-refractivity contribution in [3.63, 3.8) is 0 Å². The van der Waals surface area contributed by atoms with E-state index in [9.17, 15) is 4.79 Å². The van der Waals surface area contributed by atoms with Gasteiger partial charge in [0.05, 0.1) is 13.2 Å². The van der Waals surface area contributed by atoms with Crippen molar-refractivity contribution in [1.29, 1.82) is 0 Å². The highest BCUT2D eigenvalue weighted by molar-refractivity contribution is 5.75. The van der Waals surface area contributed by atoms with E-state index in [0.717, 1.165) is 0 Å². The Morgan fingerprint density at radius 1 is 1.73 bits per heavy atom. The molecule has 0 aliphatic carbocycles. The summed E-state index contributed by atoms with van der Waals surface area (Å²) in [6.45, 7) is 1.83. The lowest BCUT2D eigenvalue weighted by Gasteiger charge is -2.12. The van der Waals surface area contributed by atoms with Crippen molar-refractivity contribution in [3.8, 4) is 0 Å². The van der Waals surface area contributed by atoms with Crippen molar-refractivity contribution < 1.29 is 14.6 Å². The van der Waals surface area contributed by atoms with E-state index in [2.05, 4.69) is 4.74 Å². The van der Waals surface area contributed by atoms with Gasteiger partial charge in [-0.15, -0.1) is 0 Å². The summed E-state index contributed by atoms with van der Waals surface area (Å²) >= 11 is 0. The van der Waals surface area contributed by atoms with E-state index in [4.69, 9.17) is 10.8 Å². The molecule has 0 fully saturated rings. The van der Waals surface area contributed by atoms with Crippen molar-refractivity contribution in [2.75, 3.05) is 7.11 Å². The Balaban J connectivity index is 3.67. The monoisotopic (exact) mass is 161 g/mol. The molecule has 0 saturated carbocycles. The lowest BCUT2D eigenvalue weighted by Crippen LogP contribution is -2.34. The third-order valence-electron chi connectivity index (χ3n) is 1.50. The van der Waals surface area contributed by atoms with Crippen LogP contribution in [-0.2, 0) is 9.53 Å². The summed E-state index contributed by atoms with van der Waals surface area (Å²) in [6, 6.07) is -0.699. The molecule has 0 aromatic carbocycles. The van der Waals surface area contributed by atoms with Gasteiger partial charge in [-0.2, -0.15) is 0 Å². The standard InChI is InChI=1S/C7H15NO3/c1-3-5(9)4-6(8)7(10)11-2/h5-6,9H,3-4,8H2,1-2H3/t5-,6?/m1/s1. The molecule has 0 bridgehead atoms. The molecule has 0 aromatic rings. The van der Waals surface area contributed by atoms with Gasteiger partial charge in [-0.3, -0.25) is 4.79 Å². The molecule has 0 aromatic heterocycles. The number of aliphatic hydroxyl groups excluding tert-OH is 1. The molecule has 4 heteroatoms. The predicted octanol–water partition coefficient (Wildman–Crippen LogP) is -0.352. The molecule has 11 heavy (non-hydrogen) atoms. The van der Waals surface area contributed by atoms with Gasteiger partial charge < -0.3 is 15.6 Å². The molecule has 3 N–H and O–H groups in total. The van der Waals surface area contributed by atoms with Crippen LogP contribution in [0.5, 0.6) is 0 Å². The molecule has 0 spiro atoms. The molecule has 0 aliphatic heterocycles. The molecule has 66 valence electrons. The van der Waals surface area contributed by atoms with E-state index in [1.807, 2.05) is 6.92 Å². The summed E-state index contributed by atoms with van der Waals surface area (Å²) < 4.78 is 4.38. The van der Waals surface area contributed by atoms with Crippen LogP contribution in [0.2, 0.25) is 0 Å². The molecular weight excluding hydrogens is 146 g/mol. The van der Waals surface area contributed by atoms with Crippen LogP contribution in [0.1, 0.15) is 19.8 Å². The van der Waals surface area contributed by atoms with Crippen LogP contribution < -0.4 is 5.73 Å². The van der Waals surface area contributed by atoms with Gasteiger partial charge in [0.1, 0.15) is 6.04 Å². The van der Waals surface area contributed by atoms with Crippen LogP contribution in [0.3, 0.4) is 0 Å². The topological polar surface area (TPSA) is 72.5 Å². The molecule has 0 amide bonds. The molecule has 2 atom stereocenters. The van der Waals surface area contributed by atoms with Crippen LogP contribution in [0.4, 0.5) is 0 Å². The quantitative estimate of drug-likeness (QED) is 0.553. The van der Waals surface area contributed by atoms with Gasteiger partial charge in [0.2, 0.25) is 0 Å². The zero-order valence-electron chi connectivity index (χ0n) is 6.91. The molecule has 1 unspecified atom stereocenters. The molecule has 0 heterocycles. The summed E-state index contributed by atoms with van der Waals surface area (Å²) in [4.78, 5) is 10.7. The lowest BCUT2D eigenvalue weighted by atomic mass is 10.1. The van der Waals surface area contributed by atoms with Gasteiger partial charge in [0, 0.05) is 0 Å². The lowest BCUT2D eigenvalue weighted by molar-refractivity contribution is -0.142. The number of ether oxygens (including phenoxy) is 1. The fraction of sp³-hybridized carbons (Fsp3) is 0.857. The highest BCUT2D eigenvalue weighted by Crippen LogP contribution is 2.00. The minimum Gasteiger partial charge on any atom is -0.468 e. The molecule has 0 radical (unpaired) electrons. The van der Waals surface area contributed by atoms with Crippen LogP contribution in [-0.4, -0.2) is 30.3 Å². The van der Waals surface area contributed by atoms with Crippen LogP contribution in [0.15, 0.2) is 0 Å². The average Bonchev–Trinajstić information content (AvgIpc) is 2.02. The van der Waals surface area contributed by atoms with Crippen molar-refractivity contribution in [2.24, 2.45) is 5.73 Å². The third-order valence-corrected chi connectivity index (χ3v) is 1.50. The second-order valence-corrected chi connectivity index (χ2v) is 2.43.